The fourth-order valence-corrected chi connectivity index (χ4v) is 1.41. The van der Waals surface area contributed by atoms with E-state index in [1.807, 2.05) is 13.0 Å². The Kier molecular flexibility index (Phi) is 2.73. The highest BCUT2D eigenvalue weighted by Crippen LogP contribution is 2.27. The molecule has 1 heterocycles. The Morgan fingerprint density at radius 1 is 1.55 bits per heavy atom. The lowest BCUT2D eigenvalue weighted by Crippen LogP contribution is -2.10. The van der Waals surface area contributed by atoms with E-state index in [2.05, 4.69) is 15.9 Å². The van der Waals surface area contributed by atoms with Crippen LogP contribution in [0.15, 0.2) is 21.2 Å². The fraction of sp³-hybridized carbons (Fsp3) is 0.500. The lowest BCUT2D eigenvalue weighted by molar-refractivity contribution is 0.158. The van der Waals surface area contributed by atoms with Crippen LogP contribution in [-0.2, 0) is 0 Å². The van der Waals surface area contributed by atoms with Gasteiger partial charge in [0.2, 0.25) is 0 Å². The van der Waals surface area contributed by atoms with Crippen LogP contribution in [0.3, 0.4) is 0 Å². The van der Waals surface area contributed by atoms with E-state index in [1.165, 1.54) is 0 Å². The van der Waals surface area contributed by atoms with Gasteiger partial charge >= 0.3 is 0 Å². The summed E-state index contributed by atoms with van der Waals surface area (Å²) in [5, 5.41) is 9.24. The minimum absolute atomic E-state index is 0.0411. The van der Waals surface area contributed by atoms with Gasteiger partial charge in [0.15, 0.2) is 0 Å². The first-order valence-corrected chi connectivity index (χ1v) is 4.33. The largest absolute Gasteiger partial charge is 0.468 e. The highest BCUT2D eigenvalue weighted by atomic mass is 79.9. The first kappa shape index (κ1) is 8.81. The smallest absolute Gasteiger partial charge is 0.123 e. The van der Waals surface area contributed by atoms with Gasteiger partial charge in [-0.25, -0.2) is 0 Å². The van der Waals surface area contributed by atoms with Gasteiger partial charge in [-0.3, -0.25) is 0 Å². The van der Waals surface area contributed by atoms with Crippen LogP contribution >= 0.6 is 15.9 Å². The molecular weight excluding hydrogens is 208 g/mol. The zero-order valence-corrected chi connectivity index (χ0v) is 8.13. The molecule has 0 radical (unpaired) electrons. The molecule has 1 aromatic heterocycles. The third kappa shape index (κ3) is 1.84. The SMILES string of the molecule is CC(O)C(C)c1occc1Br. The molecule has 11 heavy (non-hydrogen) atoms. The maximum Gasteiger partial charge on any atom is 0.123 e. The molecule has 1 aromatic rings. The van der Waals surface area contributed by atoms with E-state index in [0.717, 1.165) is 10.2 Å². The van der Waals surface area contributed by atoms with Crippen molar-refractivity contribution in [1.82, 2.24) is 0 Å². The van der Waals surface area contributed by atoms with Crippen LogP contribution in [0.5, 0.6) is 0 Å². The quantitative estimate of drug-likeness (QED) is 0.828. The number of furan rings is 1. The highest BCUT2D eigenvalue weighted by Gasteiger charge is 2.17. The molecule has 0 spiro atoms. The molecule has 0 aliphatic carbocycles. The van der Waals surface area contributed by atoms with E-state index in [0.29, 0.717) is 0 Å². The molecule has 0 saturated heterocycles. The van der Waals surface area contributed by atoms with Crippen LogP contribution in [0.25, 0.3) is 0 Å². The average Bonchev–Trinajstić information content (AvgIpc) is 2.33. The Labute approximate surface area is 74.3 Å². The lowest BCUT2D eigenvalue weighted by atomic mass is 10.0. The molecule has 62 valence electrons. The summed E-state index contributed by atoms with van der Waals surface area (Å²) in [6.45, 7) is 3.67. The Bertz CT molecular complexity index is 230. The molecule has 2 atom stereocenters. The molecule has 0 bridgehead atoms. The molecule has 0 aliphatic heterocycles. The number of aliphatic hydroxyl groups excluding tert-OH is 1. The van der Waals surface area contributed by atoms with Gasteiger partial charge in [0.1, 0.15) is 5.76 Å². The summed E-state index contributed by atoms with van der Waals surface area (Å²) in [5.41, 5.74) is 0. The maximum absolute atomic E-state index is 9.24. The van der Waals surface area contributed by atoms with E-state index in [4.69, 9.17) is 4.42 Å². The van der Waals surface area contributed by atoms with Crippen LogP contribution in [0, 0.1) is 0 Å². The Morgan fingerprint density at radius 2 is 2.18 bits per heavy atom. The minimum atomic E-state index is -0.377. The average molecular weight is 219 g/mol. The van der Waals surface area contributed by atoms with E-state index < -0.39 is 0 Å². The first-order chi connectivity index (χ1) is 5.13. The van der Waals surface area contributed by atoms with Crippen molar-refractivity contribution in [1.29, 1.82) is 0 Å². The molecule has 0 amide bonds. The summed E-state index contributed by atoms with van der Waals surface area (Å²) in [6, 6.07) is 1.83. The van der Waals surface area contributed by atoms with Crippen LogP contribution < -0.4 is 0 Å². The van der Waals surface area contributed by atoms with Crippen LogP contribution in [0.1, 0.15) is 25.5 Å². The second-order valence-electron chi connectivity index (χ2n) is 2.66. The second kappa shape index (κ2) is 3.41. The van der Waals surface area contributed by atoms with Gasteiger partial charge in [-0.05, 0) is 28.9 Å². The lowest BCUT2D eigenvalue weighted by Gasteiger charge is -2.11. The number of halogens is 1. The zero-order valence-electron chi connectivity index (χ0n) is 6.54. The van der Waals surface area contributed by atoms with E-state index >= 15 is 0 Å². The third-order valence-electron chi connectivity index (χ3n) is 1.78. The van der Waals surface area contributed by atoms with Gasteiger partial charge in [0, 0.05) is 5.92 Å². The van der Waals surface area contributed by atoms with Crippen molar-refractivity contribution in [3.8, 4) is 0 Å². The summed E-state index contributed by atoms with van der Waals surface area (Å²) in [7, 11) is 0. The van der Waals surface area contributed by atoms with Crippen molar-refractivity contribution >= 4 is 15.9 Å². The summed E-state index contributed by atoms with van der Waals surface area (Å²) in [6.07, 6.45) is 1.23. The van der Waals surface area contributed by atoms with Crippen molar-refractivity contribution in [2.45, 2.75) is 25.9 Å². The first-order valence-electron chi connectivity index (χ1n) is 3.54. The molecule has 1 rings (SSSR count). The van der Waals surface area contributed by atoms with Crippen molar-refractivity contribution in [3.05, 3.63) is 22.6 Å². The van der Waals surface area contributed by atoms with Crippen molar-refractivity contribution < 1.29 is 9.52 Å². The molecule has 1 N–H and O–H groups in total. The normalized spacial score (nSPS) is 16.4. The summed E-state index contributed by atoms with van der Waals surface area (Å²) >= 11 is 3.33. The second-order valence-corrected chi connectivity index (χ2v) is 3.52. The molecule has 0 aliphatic rings. The third-order valence-corrected chi connectivity index (χ3v) is 2.44. The minimum Gasteiger partial charge on any atom is -0.468 e. The molecule has 3 heteroatoms. The number of rotatable bonds is 2. The van der Waals surface area contributed by atoms with E-state index in [9.17, 15) is 5.11 Å². The predicted octanol–water partition coefficient (Wildman–Crippen LogP) is 2.53. The molecule has 0 saturated carbocycles. The monoisotopic (exact) mass is 218 g/mol. The van der Waals surface area contributed by atoms with Crippen LogP contribution in [0.4, 0.5) is 0 Å². The van der Waals surface area contributed by atoms with Crippen molar-refractivity contribution in [2.24, 2.45) is 0 Å². The van der Waals surface area contributed by atoms with Gasteiger partial charge in [0.25, 0.3) is 0 Å². The summed E-state index contributed by atoms with van der Waals surface area (Å²) < 4.78 is 6.10. The molecule has 2 unspecified atom stereocenters. The van der Waals surface area contributed by atoms with E-state index in [-0.39, 0.29) is 12.0 Å². The number of hydrogen-bond acceptors (Lipinski definition) is 2. The predicted molar refractivity (Wildman–Crippen MR) is 46.5 cm³/mol. The van der Waals surface area contributed by atoms with Gasteiger partial charge in [-0.1, -0.05) is 6.92 Å². The Hall–Kier alpha value is -0.280. The Balaban J connectivity index is 2.84. The number of hydrogen-bond donors (Lipinski definition) is 1. The maximum atomic E-state index is 9.24. The Morgan fingerprint density at radius 3 is 2.55 bits per heavy atom. The standard InChI is InChI=1S/C8H11BrO2/c1-5(6(2)10)8-7(9)3-4-11-8/h3-6,10H,1-2H3. The molecular formula is C8H11BrO2. The fourth-order valence-electron chi connectivity index (χ4n) is 0.849. The zero-order chi connectivity index (χ0) is 8.43. The van der Waals surface area contributed by atoms with Crippen molar-refractivity contribution in [3.63, 3.8) is 0 Å². The van der Waals surface area contributed by atoms with Crippen LogP contribution in [0.2, 0.25) is 0 Å². The molecule has 2 nitrogen and oxygen atoms in total. The van der Waals surface area contributed by atoms with Crippen LogP contribution in [-0.4, -0.2) is 11.2 Å². The summed E-state index contributed by atoms with van der Waals surface area (Å²) in [4.78, 5) is 0. The topological polar surface area (TPSA) is 33.4 Å². The van der Waals surface area contributed by atoms with Gasteiger partial charge < -0.3 is 9.52 Å². The van der Waals surface area contributed by atoms with E-state index in [1.54, 1.807) is 13.2 Å². The molecule has 0 aromatic carbocycles. The highest BCUT2D eigenvalue weighted by molar-refractivity contribution is 9.10. The number of aliphatic hydroxyl groups is 1. The van der Waals surface area contributed by atoms with Gasteiger partial charge in [-0.15, -0.1) is 0 Å². The van der Waals surface area contributed by atoms with Gasteiger partial charge in [-0.2, -0.15) is 0 Å². The molecule has 0 fully saturated rings. The van der Waals surface area contributed by atoms with Crippen molar-refractivity contribution in [2.75, 3.05) is 0 Å². The van der Waals surface area contributed by atoms with Gasteiger partial charge in [0.05, 0.1) is 16.8 Å². The summed E-state index contributed by atoms with van der Waals surface area (Å²) in [5.74, 6) is 0.847.